The molecule has 198 valence electrons. The minimum atomic E-state index is -1.01. The number of aryl methyl sites for hydroxylation is 2. The van der Waals surface area contributed by atoms with Gasteiger partial charge < -0.3 is 5.11 Å². The van der Waals surface area contributed by atoms with E-state index in [0.717, 1.165) is 28.0 Å². The maximum atomic E-state index is 13.4. The maximum Gasteiger partial charge on any atom is 0.301 e. The van der Waals surface area contributed by atoms with Gasteiger partial charge in [0.25, 0.3) is 5.78 Å². The van der Waals surface area contributed by atoms with E-state index in [1.807, 2.05) is 26.0 Å². The number of Topliss-reactive ketones (excluding diaryl/α,β-unsaturated/α-hetero) is 1. The minimum absolute atomic E-state index is 0.0807. The number of carbonyl (C=O) groups is 2. The number of nitrogens with zero attached hydrogens (tertiary/aromatic N) is 3. The quantitative estimate of drug-likeness (QED) is 0.0811. The zero-order valence-electron chi connectivity index (χ0n) is 20.6. The van der Waals surface area contributed by atoms with Crippen LogP contribution in [-0.4, -0.2) is 27.0 Å². The van der Waals surface area contributed by atoms with Gasteiger partial charge in [0.2, 0.25) is 5.13 Å². The largest absolute Gasteiger partial charge is 0.507 e. The fraction of sp³-hybridized carbons (Fsp3) is 0.143. The van der Waals surface area contributed by atoms with Crippen LogP contribution in [0.3, 0.4) is 0 Å². The van der Waals surface area contributed by atoms with Crippen molar-refractivity contribution in [2.24, 2.45) is 0 Å². The number of aliphatic hydroxyl groups excluding tert-OH is 1. The topological polar surface area (TPSA) is 83.4 Å². The Hall–Kier alpha value is -3.24. The van der Waals surface area contributed by atoms with Crippen LogP contribution >= 0.6 is 46.3 Å². The summed E-state index contributed by atoms with van der Waals surface area (Å²) in [6.45, 7) is 3.69. The Balaban J connectivity index is 1.58. The Bertz CT molecular complexity index is 1640. The molecule has 6 nitrogen and oxygen atoms in total. The first-order chi connectivity index (χ1) is 18.6. The average Bonchev–Trinajstić information content (AvgIpc) is 3.48. The first-order valence-corrected chi connectivity index (χ1v) is 14.2. The van der Waals surface area contributed by atoms with E-state index in [1.54, 1.807) is 36.4 Å². The summed E-state index contributed by atoms with van der Waals surface area (Å²) in [4.78, 5) is 28.1. The summed E-state index contributed by atoms with van der Waals surface area (Å²) in [7, 11) is 0. The summed E-state index contributed by atoms with van der Waals surface area (Å²) in [5.41, 5.74) is 3.37. The number of carbonyl (C=O) groups excluding carboxylic acids is 2. The molecule has 39 heavy (non-hydrogen) atoms. The van der Waals surface area contributed by atoms with E-state index in [1.165, 1.54) is 28.8 Å². The van der Waals surface area contributed by atoms with Crippen LogP contribution in [0.1, 0.15) is 33.9 Å². The zero-order valence-corrected chi connectivity index (χ0v) is 23.8. The van der Waals surface area contributed by atoms with Crippen molar-refractivity contribution in [1.82, 2.24) is 10.2 Å². The third-order valence-electron chi connectivity index (χ3n) is 6.23. The van der Waals surface area contributed by atoms with Gasteiger partial charge in [0.1, 0.15) is 11.6 Å². The summed E-state index contributed by atoms with van der Waals surface area (Å²) in [6, 6.07) is 15.4. The van der Waals surface area contributed by atoms with Crippen LogP contribution in [0.25, 0.3) is 5.76 Å². The maximum absolute atomic E-state index is 13.4. The van der Waals surface area contributed by atoms with Crippen LogP contribution in [0.2, 0.25) is 10.0 Å². The smallest absolute Gasteiger partial charge is 0.301 e. The van der Waals surface area contributed by atoms with Gasteiger partial charge in [0.15, 0.2) is 4.34 Å². The Morgan fingerprint density at radius 1 is 1.03 bits per heavy atom. The number of aliphatic hydroxyl groups is 1. The van der Waals surface area contributed by atoms with E-state index >= 15 is 0 Å². The molecule has 0 aliphatic carbocycles. The molecular weight excluding hydrogens is 580 g/mol. The van der Waals surface area contributed by atoms with Crippen LogP contribution in [0.15, 0.2) is 70.6 Å². The first kappa shape index (κ1) is 27.3. The van der Waals surface area contributed by atoms with E-state index in [4.69, 9.17) is 23.2 Å². The molecular formula is C28H20Cl2FN3O3S2. The van der Waals surface area contributed by atoms with Crippen LogP contribution in [0, 0.1) is 19.7 Å². The lowest BCUT2D eigenvalue weighted by molar-refractivity contribution is -0.132. The van der Waals surface area contributed by atoms with E-state index in [0.29, 0.717) is 26.2 Å². The molecule has 0 spiro atoms. The lowest BCUT2D eigenvalue weighted by Gasteiger charge is -2.23. The summed E-state index contributed by atoms with van der Waals surface area (Å²) in [6.07, 6.45) is 0. The predicted molar refractivity (Wildman–Crippen MR) is 153 cm³/mol. The molecule has 0 saturated carbocycles. The van der Waals surface area contributed by atoms with Gasteiger partial charge in [-0.1, -0.05) is 82.2 Å². The van der Waals surface area contributed by atoms with E-state index in [2.05, 4.69) is 10.2 Å². The second-order valence-electron chi connectivity index (χ2n) is 8.93. The van der Waals surface area contributed by atoms with Crippen molar-refractivity contribution in [3.63, 3.8) is 0 Å². The summed E-state index contributed by atoms with van der Waals surface area (Å²) >= 11 is 15.0. The van der Waals surface area contributed by atoms with E-state index in [9.17, 15) is 19.1 Å². The number of aromatic nitrogens is 2. The molecule has 3 aromatic carbocycles. The lowest BCUT2D eigenvalue weighted by atomic mass is 9.93. The highest BCUT2D eigenvalue weighted by atomic mass is 35.5. The van der Waals surface area contributed by atoms with Crippen molar-refractivity contribution >= 4 is 68.9 Å². The second-order valence-corrected chi connectivity index (χ2v) is 11.9. The molecule has 11 heteroatoms. The Labute approximate surface area is 242 Å². The molecule has 1 saturated heterocycles. The highest BCUT2D eigenvalue weighted by Gasteiger charge is 2.48. The number of hydrogen-bond acceptors (Lipinski definition) is 7. The number of hydrogen-bond donors (Lipinski definition) is 1. The van der Waals surface area contributed by atoms with Crippen LogP contribution in [0.5, 0.6) is 0 Å². The molecule has 1 N–H and O–H groups in total. The van der Waals surface area contributed by atoms with Gasteiger partial charge in [-0.05, 0) is 60.9 Å². The number of thioether (sulfide) groups is 1. The SMILES string of the molecule is Cc1ccc(C)c(C(O)=C2C(=O)C(=O)N(c3nnc(SCc4ccc(F)cc4)s3)C2c2ccc(Cl)c(Cl)c2)c1. The number of amides is 1. The highest BCUT2D eigenvalue weighted by Crippen LogP contribution is 2.45. The van der Waals surface area contributed by atoms with Crippen LogP contribution < -0.4 is 4.90 Å². The van der Waals surface area contributed by atoms with Crippen LogP contribution in [0.4, 0.5) is 9.52 Å². The predicted octanol–water partition coefficient (Wildman–Crippen LogP) is 7.52. The van der Waals surface area contributed by atoms with Gasteiger partial charge in [0.05, 0.1) is 21.7 Å². The Morgan fingerprint density at radius 2 is 1.77 bits per heavy atom. The molecule has 0 radical (unpaired) electrons. The van der Waals surface area contributed by atoms with Gasteiger partial charge in [-0.15, -0.1) is 10.2 Å². The molecule has 1 atom stereocenters. The van der Waals surface area contributed by atoms with Gasteiger partial charge in [0, 0.05) is 11.3 Å². The number of rotatable bonds is 6. The number of halogens is 3. The molecule has 1 aromatic heterocycles. The standard InChI is InChI=1S/C28H20Cl2FN3O3S2/c1-14-3-4-15(2)19(11-14)24(35)22-23(17-7-10-20(29)21(30)12-17)34(26(37)25(22)36)27-32-33-28(39-27)38-13-16-5-8-18(31)9-6-16/h3-12,23,35H,13H2,1-2H3. The fourth-order valence-electron chi connectivity index (χ4n) is 4.25. The average molecular weight is 601 g/mol. The molecule has 5 rings (SSSR count). The molecule has 4 aromatic rings. The second kappa shape index (κ2) is 11.1. The lowest BCUT2D eigenvalue weighted by Crippen LogP contribution is -2.29. The number of ketones is 1. The molecule has 1 amide bonds. The first-order valence-electron chi connectivity index (χ1n) is 11.7. The van der Waals surface area contributed by atoms with Crippen molar-refractivity contribution in [3.8, 4) is 0 Å². The van der Waals surface area contributed by atoms with E-state index in [-0.39, 0.29) is 27.3 Å². The summed E-state index contributed by atoms with van der Waals surface area (Å²) in [5.74, 6) is -1.79. The molecule has 0 bridgehead atoms. The molecule has 1 aliphatic heterocycles. The summed E-state index contributed by atoms with van der Waals surface area (Å²) < 4.78 is 13.8. The van der Waals surface area contributed by atoms with E-state index < -0.39 is 17.7 Å². The van der Waals surface area contributed by atoms with Crippen molar-refractivity contribution in [2.45, 2.75) is 30.0 Å². The van der Waals surface area contributed by atoms with Gasteiger partial charge in [-0.3, -0.25) is 14.5 Å². The number of anilines is 1. The highest BCUT2D eigenvalue weighted by molar-refractivity contribution is 8.00. The third-order valence-corrected chi connectivity index (χ3v) is 9.10. The molecule has 1 unspecified atom stereocenters. The van der Waals surface area contributed by atoms with Crippen molar-refractivity contribution in [2.75, 3.05) is 4.90 Å². The monoisotopic (exact) mass is 599 g/mol. The Morgan fingerprint density at radius 3 is 2.49 bits per heavy atom. The van der Waals surface area contributed by atoms with Gasteiger partial charge >= 0.3 is 5.91 Å². The fourth-order valence-corrected chi connectivity index (χ4v) is 6.38. The zero-order chi connectivity index (χ0) is 27.8. The van der Waals surface area contributed by atoms with Gasteiger partial charge in [-0.2, -0.15) is 0 Å². The summed E-state index contributed by atoms with van der Waals surface area (Å²) in [5, 5.41) is 20.6. The minimum Gasteiger partial charge on any atom is -0.507 e. The molecule has 1 fully saturated rings. The van der Waals surface area contributed by atoms with Crippen molar-refractivity contribution in [1.29, 1.82) is 0 Å². The molecule has 2 heterocycles. The third kappa shape index (κ3) is 5.45. The van der Waals surface area contributed by atoms with Crippen LogP contribution in [-0.2, 0) is 15.3 Å². The normalized spacial score (nSPS) is 16.7. The Kier molecular flexibility index (Phi) is 7.77. The van der Waals surface area contributed by atoms with Crippen molar-refractivity contribution < 1.29 is 19.1 Å². The molecule has 1 aliphatic rings. The van der Waals surface area contributed by atoms with Gasteiger partial charge in [-0.25, -0.2) is 4.39 Å². The van der Waals surface area contributed by atoms with Crippen molar-refractivity contribution in [3.05, 3.63) is 110 Å². The number of benzene rings is 3.